The molecule has 1 unspecified atom stereocenters. The van der Waals surface area contributed by atoms with Crippen molar-refractivity contribution in [2.75, 3.05) is 21.3 Å². The van der Waals surface area contributed by atoms with E-state index in [-0.39, 0.29) is 0 Å². The number of aliphatic hydroxyl groups is 2. The highest BCUT2D eigenvalue weighted by molar-refractivity contribution is 8.00. The number of ether oxygens (including phenoxy) is 3. The average molecular weight is 577 g/mol. The van der Waals surface area contributed by atoms with Gasteiger partial charge in [0.2, 0.25) is 0 Å². The SMILES string of the molecule is COc1ccc(C(c2ccccc2)(c2ccc(OC)cc2)C(O)[C@@H]2S[C@H](n3ccc(=O)[nH]c3=O)[C@H](OC)[C@@H]2O)cc1. The van der Waals surface area contributed by atoms with Crippen LogP contribution in [0, 0.1) is 0 Å². The lowest BCUT2D eigenvalue weighted by atomic mass is 9.64. The van der Waals surface area contributed by atoms with Crippen molar-refractivity contribution in [2.45, 2.75) is 34.4 Å². The van der Waals surface area contributed by atoms with Crippen LogP contribution in [0.15, 0.2) is 101 Å². The molecule has 0 radical (unpaired) electrons. The number of aliphatic hydroxyl groups excluding tert-OH is 2. The Morgan fingerprint density at radius 2 is 1.37 bits per heavy atom. The molecule has 41 heavy (non-hydrogen) atoms. The molecule has 9 nitrogen and oxygen atoms in total. The third-order valence-corrected chi connectivity index (χ3v) is 9.35. The zero-order chi connectivity index (χ0) is 29.1. The second kappa shape index (κ2) is 12.0. The van der Waals surface area contributed by atoms with Crippen LogP contribution >= 0.6 is 11.8 Å². The number of hydrogen-bond donors (Lipinski definition) is 3. The summed E-state index contributed by atoms with van der Waals surface area (Å²) in [4.78, 5) is 26.7. The van der Waals surface area contributed by atoms with E-state index >= 15 is 0 Å². The average Bonchev–Trinajstić information content (AvgIpc) is 3.34. The maximum Gasteiger partial charge on any atom is 0.329 e. The van der Waals surface area contributed by atoms with Gasteiger partial charge in [0.15, 0.2) is 0 Å². The molecule has 214 valence electrons. The molecule has 1 aromatic heterocycles. The first kappa shape index (κ1) is 28.7. The van der Waals surface area contributed by atoms with Crippen molar-refractivity contribution in [3.63, 3.8) is 0 Å². The number of nitrogens with one attached hydrogen (secondary N) is 1. The van der Waals surface area contributed by atoms with Gasteiger partial charge in [-0.05, 0) is 41.0 Å². The van der Waals surface area contributed by atoms with E-state index in [1.807, 2.05) is 78.9 Å². The standard InChI is InChI=1S/C31H32N2O7S/c1-38-22-13-9-20(10-14-22)31(19-7-5-4-6-8-19,21-11-15-23(39-2)16-12-21)28(36)27-25(35)26(40-3)29(41-27)33-18-17-24(34)32-30(33)37/h4-18,25-29,35-36H,1-3H3,(H,32,34,37)/t25-,26+,27+,28?,29-/m0/s1. The van der Waals surface area contributed by atoms with E-state index < -0.39 is 45.6 Å². The highest BCUT2D eigenvalue weighted by Crippen LogP contribution is 2.52. The highest BCUT2D eigenvalue weighted by Gasteiger charge is 2.55. The molecule has 0 bridgehead atoms. The second-order valence-electron chi connectivity index (χ2n) is 9.78. The summed E-state index contributed by atoms with van der Waals surface area (Å²) in [6, 6.07) is 25.8. The van der Waals surface area contributed by atoms with Crippen molar-refractivity contribution in [2.24, 2.45) is 0 Å². The lowest BCUT2D eigenvalue weighted by molar-refractivity contribution is -0.0344. The Balaban J connectivity index is 1.72. The number of benzene rings is 3. The minimum atomic E-state index is -1.21. The fourth-order valence-corrected chi connectivity index (χ4v) is 7.43. The summed E-state index contributed by atoms with van der Waals surface area (Å²) in [6.45, 7) is 0. The Bertz CT molecular complexity index is 1520. The molecule has 10 heteroatoms. The van der Waals surface area contributed by atoms with Crippen molar-refractivity contribution in [3.05, 3.63) is 129 Å². The van der Waals surface area contributed by atoms with Crippen LogP contribution < -0.4 is 20.7 Å². The number of aromatic amines is 1. The van der Waals surface area contributed by atoms with Crippen molar-refractivity contribution < 1.29 is 24.4 Å². The fourth-order valence-electron chi connectivity index (χ4n) is 5.71. The molecule has 1 aliphatic rings. The lowest BCUT2D eigenvalue weighted by Crippen LogP contribution is -2.51. The van der Waals surface area contributed by atoms with Crippen LogP contribution in [0.1, 0.15) is 22.1 Å². The quantitative estimate of drug-likeness (QED) is 0.260. The first-order valence-electron chi connectivity index (χ1n) is 13.1. The molecule has 0 spiro atoms. The Morgan fingerprint density at radius 1 is 0.829 bits per heavy atom. The molecule has 0 amide bonds. The van der Waals surface area contributed by atoms with E-state index in [0.717, 1.165) is 16.7 Å². The van der Waals surface area contributed by atoms with Gasteiger partial charge in [0.1, 0.15) is 23.0 Å². The van der Waals surface area contributed by atoms with E-state index in [0.29, 0.717) is 11.5 Å². The van der Waals surface area contributed by atoms with Gasteiger partial charge in [-0.1, -0.05) is 54.6 Å². The summed E-state index contributed by atoms with van der Waals surface area (Å²) in [5, 5.41) is 22.7. The Hall–Kier alpha value is -3.83. The molecule has 0 saturated carbocycles. The summed E-state index contributed by atoms with van der Waals surface area (Å²) in [6.07, 6.45) is -1.84. The summed E-state index contributed by atoms with van der Waals surface area (Å²) in [5.41, 5.74) is 0.0274. The van der Waals surface area contributed by atoms with Gasteiger partial charge >= 0.3 is 5.69 Å². The normalized spacial score (nSPS) is 21.4. The van der Waals surface area contributed by atoms with Gasteiger partial charge in [0.25, 0.3) is 5.56 Å². The summed E-state index contributed by atoms with van der Waals surface area (Å²) in [7, 11) is 4.63. The molecular formula is C31H32N2O7S. The van der Waals surface area contributed by atoms with Crippen LogP contribution in [0.4, 0.5) is 0 Å². The van der Waals surface area contributed by atoms with E-state index in [4.69, 9.17) is 14.2 Å². The smallest absolute Gasteiger partial charge is 0.329 e. The number of nitrogens with zero attached hydrogens (tertiary/aromatic N) is 1. The van der Waals surface area contributed by atoms with Crippen molar-refractivity contribution >= 4 is 11.8 Å². The zero-order valence-electron chi connectivity index (χ0n) is 22.8. The Morgan fingerprint density at radius 3 is 1.85 bits per heavy atom. The van der Waals surface area contributed by atoms with Gasteiger partial charge in [-0.3, -0.25) is 14.3 Å². The fraction of sp³-hybridized carbons (Fsp3) is 0.290. The third-order valence-electron chi connectivity index (χ3n) is 7.72. The Kier molecular flexibility index (Phi) is 8.37. The molecule has 1 saturated heterocycles. The molecule has 0 aliphatic carbocycles. The minimum absolute atomic E-state index is 0.526. The van der Waals surface area contributed by atoms with E-state index in [2.05, 4.69) is 4.98 Å². The van der Waals surface area contributed by atoms with E-state index in [1.54, 1.807) is 14.2 Å². The summed E-state index contributed by atoms with van der Waals surface area (Å²) < 4.78 is 17.8. The van der Waals surface area contributed by atoms with Crippen molar-refractivity contribution in [1.29, 1.82) is 0 Å². The van der Waals surface area contributed by atoms with Gasteiger partial charge in [-0.25, -0.2) is 4.79 Å². The van der Waals surface area contributed by atoms with Crippen LogP contribution in [0.3, 0.4) is 0 Å². The maximum atomic E-state index is 12.7. The maximum absolute atomic E-state index is 12.7. The van der Waals surface area contributed by atoms with Crippen LogP contribution in [0.2, 0.25) is 0 Å². The van der Waals surface area contributed by atoms with Gasteiger partial charge in [0, 0.05) is 19.4 Å². The summed E-state index contributed by atoms with van der Waals surface area (Å²) >= 11 is 1.23. The second-order valence-corrected chi connectivity index (χ2v) is 11.1. The Labute approximate surface area is 241 Å². The monoisotopic (exact) mass is 576 g/mol. The van der Waals surface area contributed by atoms with E-state index in [1.165, 1.54) is 35.7 Å². The van der Waals surface area contributed by atoms with Gasteiger partial charge in [-0.2, -0.15) is 0 Å². The van der Waals surface area contributed by atoms with Crippen LogP contribution in [0.5, 0.6) is 11.5 Å². The zero-order valence-corrected chi connectivity index (χ0v) is 23.7. The van der Waals surface area contributed by atoms with Gasteiger partial charge in [-0.15, -0.1) is 11.8 Å². The topological polar surface area (TPSA) is 123 Å². The molecule has 4 aromatic rings. The number of H-pyrrole nitrogens is 1. The third kappa shape index (κ3) is 5.08. The van der Waals surface area contributed by atoms with Crippen LogP contribution in [0.25, 0.3) is 0 Å². The summed E-state index contributed by atoms with van der Waals surface area (Å²) in [5.74, 6) is 1.32. The number of methoxy groups -OCH3 is 3. The predicted octanol–water partition coefficient (Wildman–Crippen LogP) is 2.94. The molecule has 1 aliphatic heterocycles. The molecule has 5 atom stereocenters. The molecular weight excluding hydrogens is 544 g/mol. The van der Waals surface area contributed by atoms with Crippen LogP contribution in [-0.4, -0.2) is 64.7 Å². The minimum Gasteiger partial charge on any atom is -0.497 e. The highest BCUT2D eigenvalue weighted by atomic mass is 32.2. The molecule has 3 N–H and O–H groups in total. The van der Waals surface area contributed by atoms with Crippen molar-refractivity contribution in [3.8, 4) is 11.5 Å². The predicted molar refractivity (Wildman–Crippen MR) is 157 cm³/mol. The van der Waals surface area contributed by atoms with Crippen molar-refractivity contribution in [1.82, 2.24) is 9.55 Å². The first-order chi connectivity index (χ1) is 19.8. The first-order valence-corrected chi connectivity index (χ1v) is 14.0. The number of rotatable bonds is 9. The largest absolute Gasteiger partial charge is 0.497 e. The van der Waals surface area contributed by atoms with Crippen LogP contribution in [-0.2, 0) is 10.2 Å². The molecule has 1 fully saturated rings. The van der Waals surface area contributed by atoms with Gasteiger partial charge in [0.05, 0.1) is 37.1 Å². The molecule has 2 heterocycles. The molecule has 5 rings (SSSR count). The number of thioether (sulfide) groups is 1. The molecule has 3 aromatic carbocycles. The van der Waals surface area contributed by atoms with Gasteiger partial charge < -0.3 is 24.4 Å². The lowest BCUT2D eigenvalue weighted by Gasteiger charge is -2.43. The number of aromatic nitrogens is 2. The number of hydrogen-bond acceptors (Lipinski definition) is 8. The van der Waals surface area contributed by atoms with E-state index in [9.17, 15) is 19.8 Å².